The summed E-state index contributed by atoms with van der Waals surface area (Å²) >= 11 is 0. The van der Waals surface area contributed by atoms with Crippen LogP contribution in [0.15, 0.2) is 24.4 Å². The molecule has 1 aliphatic rings. The first kappa shape index (κ1) is 17.1. The Balaban J connectivity index is 0.00000144. The highest BCUT2D eigenvalue weighted by Gasteiger charge is 2.20. The average Bonchev–Trinajstić information content (AvgIpc) is 2.38. The monoisotopic (exact) mass is 293 g/mol. The second-order valence-electron chi connectivity index (χ2n) is 3.62. The van der Waals surface area contributed by atoms with Crippen LogP contribution < -0.4 is 10.6 Å². The van der Waals surface area contributed by atoms with Gasteiger partial charge >= 0.3 is 0 Å². The summed E-state index contributed by atoms with van der Waals surface area (Å²) in [5.74, 6) is -0.0367. The maximum atomic E-state index is 11.7. The van der Waals surface area contributed by atoms with E-state index in [-0.39, 0.29) is 36.8 Å². The number of ether oxygens (including phenoxy) is 1. The SMILES string of the molecule is Cl.Cl.O=C(NCc1ccccn1)C1COCCN1. The summed E-state index contributed by atoms with van der Waals surface area (Å²) in [7, 11) is 0. The van der Waals surface area contributed by atoms with E-state index in [2.05, 4.69) is 15.6 Å². The largest absolute Gasteiger partial charge is 0.378 e. The van der Waals surface area contributed by atoms with E-state index < -0.39 is 0 Å². The van der Waals surface area contributed by atoms with Crippen molar-refractivity contribution in [3.63, 3.8) is 0 Å². The van der Waals surface area contributed by atoms with Crippen molar-refractivity contribution >= 4 is 30.7 Å². The third-order valence-corrected chi connectivity index (χ3v) is 2.41. The summed E-state index contributed by atoms with van der Waals surface area (Å²) in [6, 6.07) is 5.39. The number of morpholine rings is 1. The molecule has 1 atom stereocenters. The lowest BCUT2D eigenvalue weighted by Crippen LogP contribution is -2.51. The predicted octanol–water partition coefficient (Wildman–Crippen LogP) is 0.530. The van der Waals surface area contributed by atoms with E-state index in [4.69, 9.17) is 4.74 Å². The number of halogens is 2. The second-order valence-corrected chi connectivity index (χ2v) is 3.62. The van der Waals surface area contributed by atoms with Crippen LogP contribution in [0.4, 0.5) is 0 Å². The molecule has 5 nitrogen and oxygen atoms in total. The first-order valence-electron chi connectivity index (χ1n) is 5.35. The Labute approximate surface area is 119 Å². The first-order valence-corrected chi connectivity index (χ1v) is 5.35. The van der Waals surface area contributed by atoms with Crippen LogP contribution >= 0.6 is 24.8 Å². The first-order chi connectivity index (χ1) is 7.86. The van der Waals surface area contributed by atoms with Gasteiger partial charge in [-0.15, -0.1) is 24.8 Å². The summed E-state index contributed by atoms with van der Waals surface area (Å²) in [5.41, 5.74) is 0.854. The van der Waals surface area contributed by atoms with Gasteiger partial charge in [0.05, 0.1) is 25.5 Å². The molecule has 2 N–H and O–H groups in total. The molecule has 1 fully saturated rings. The van der Waals surface area contributed by atoms with Gasteiger partial charge in [0.15, 0.2) is 0 Å². The molecule has 2 heterocycles. The Hall–Kier alpha value is -0.880. The highest BCUT2D eigenvalue weighted by Crippen LogP contribution is 1.95. The van der Waals surface area contributed by atoms with E-state index in [0.29, 0.717) is 19.8 Å². The third-order valence-electron chi connectivity index (χ3n) is 2.41. The van der Waals surface area contributed by atoms with Crippen molar-refractivity contribution in [1.29, 1.82) is 0 Å². The van der Waals surface area contributed by atoms with Gasteiger partial charge in [-0.25, -0.2) is 0 Å². The van der Waals surface area contributed by atoms with Crippen LogP contribution in [-0.4, -0.2) is 36.7 Å². The lowest BCUT2D eigenvalue weighted by molar-refractivity contribution is -0.126. The number of hydrogen-bond acceptors (Lipinski definition) is 4. The fraction of sp³-hybridized carbons (Fsp3) is 0.455. The number of hydrogen-bond donors (Lipinski definition) is 2. The van der Waals surface area contributed by atoms with Crippen LogP contribution in [-0.2, 0) is 16.1 Å². The Kier molecular flexibility index (Phi) is 8.66. The molecule has 0 aromatic carbocycles. The fourth-order valence-corrected chi connectivity index (χ4v) is 1.54. The summed E-state index contributed by atoms with van der Waals surface area (Å²) in [4.78, 5) is 15.8. The summed E-state index contributed by atoms with van der Waals surface area (Å²) in [6.45, 7) is 2.29. The second kappa shape index (κ2) is 9.10. The van der Waals surface area contributed by atoms with E-state index in [0.717, 1.165) is 12.2 Å². The van der Waals surface area contributed by atoms with Crippen LogP contribution in [0.25, 0.3) is 0 Å². The van der Waals surface area contributed by atoms with E-state index in [9.17, 15) is 4.79 Å². The van der Waals surface area contributed by atoms with Gasteiger partial charge in [-0.1, -0.05) is 6.07 Å². The molecule has 0 radical (unpaired) electrons. The number of nitrogens with one attached hydrogen (secondary N) is 2. The quantitative estimate of drug-likeness (QED) is 0.853. The standard InChI is InChI=1S/C11H15N3O2.2ClH/c15-11(10-8-16-6-5-13-10)14-7-9-3-1-2-4-12-9;;/h1-4,10,13H,5-8H2,(H,14,15);2*1H. The molecule has 0 bridgehead atoms. The smallest absolute Gasteiger partial charge is 0.239 e. The zero-order valence-electron chi connectivity index (χ0n) is 9.80. The van der Waals surface area contributed by atoms with Gasteiger partial charge < -0.3 is 15.4 Å². The fourth-order valence-electron chi connectivity index (χ4n) is 1.54. The molecule has 0 aliphatic carbocycles. The van der Waals surface area contributed by atoms with E-state index >= 15 is 0 Å². The zero-order chi connectivity index (χ0) is 11.2. The number of carbonyl (C=O) groups is 1. The number of pyridine rings is 1. The molecule has 2 rings (SSSR count). The molecule has 1 aromatic rings. The highest BCUT2D eigenvalue weighted by molar-refractivity contribution is 5.85. The number of amides is 1. The number of carbonyl (C=O) groups excluding carboxylic acids is 1. The Morgan fingerprint density at radius 2 is 2.33 bits per heavy atom. The van der Waals surface area contributed by atoms with Crippen molar-refractivity contribution in [1.82, 2.24) is 15.6 Å². The van der Waals surface area contributed by atoms with E-state index in [1.165, 1.54) is 0 Å². The van der Waals surface area contributed by atoms with Crippen molar-refractivity contribution in [2.24, 2.45) is 0 Å². The van der Waals surface area contributed by atoms with Crippen LogP contribution in [0.5, 0.6) is 0 Å². The molecule has 1 unspecified atom stereocenters. The van der Waals surface area contributed by atoms with Gasteiger partial charge in [-0.2, -0.15) is 0 Å². The van der Waals surface area contributed by atoms with Crippen LogP contribution in [0.1, 0.15) is 5.69 Å². The predicted molar refractivity (Wildman–Crippen MR) is 73.2 cm³/mol. The molecule has 1 amide bonds. The average molecular weight is 294 g/mol. The topological polar surface area (TPSA) is 63.2 Å². The molecule has 1 saturated heterocycles. The molecule has 0 spiro atoms. The molecule has 1 aromatic heterocycles. The van der Waals surface area contributed by atoms with Gasteiger partial charge in [0.1, 0.15) is 6.04 Å². The molecule has 0 saturated carbocycles. The molecule has 1 aliphatic heterocycles. The van der Waals surface area contributed by atoms with Crippen molar-refractivity contribution < 1.29 is 9.53 Å². The summed E-state index contributed by atoms with van der Waals surface area (Å²) < 4.78 is 5.22. The minimum Gasteiger partial charge on any atom is -0.378 e. The molecular weight excluding hydrogens is 277 g/mol. The van der Waals surface area contributed by atoms with Crippen molar-refractivity contribution in [2.75, 3.05) is 19.8 Å². The zero-order valence-corrected chi connectivity index (χ0v) is 11.4. The molecule has 102 valence electrons. The van der Waals surface area contributed by atoms with Gasteiger partial charge in [-0.3, -0.25) is 9.78 Å². The lowest BCUT2D eigenvalue weighted by atomic mass is 10.2. The van der Waals surface area contributed by atoms with E-state index in [1.807, 2.05) is 18.2 Å². The maximum absolute atomic E-state index is 11.7. The molecule has 7 heteroatoms. The van der Waals surface area contributed by atoms with Crippen molar-refractivity contribution in [3.8, 4) is 0 Å². The number of rotatable bonds is 3. The van der Waals surface area contributed by atoms with Gasteiger partial charge in [-0.05, 0) is 12.1 Å². The van der Waals surface area contributed by atoms with E-state index in [1.54, 1.807) is 6.20 Å². The summed E-state index contributed by atoms with van der Waals surface area (Å²) in [5, 5.41) is 5.92. The van der Waals surface area contributed by atoms with Crippen molar-refractivity contribution in [3.05, 3.63) is 30.1 Å². The number of nitrogens with zero attached hydrogens (tertiary/aromatic N) is 1. The van der Waals surface area contributed by atoms with Crippen LogP contribution in [0, 0.1) is 0 Å². The van der Waals surface area contributed by atoms with Crippen molar-refractivity contribution in [2.45, 2.75) is 12.6 Å². The minimum atomic E-state index is -0.238. The molecular formula is C11H17Cl2N3O2. The van der Waals surface area contributed by atoms with Gasteiger partial charge in [0.2, 0.25) is 5.91 Å². The Morgan fingerprint density at radius 3 is 2.94 bits per heavy atom. The van der Waals surface area contributed by atoms with Crippen LogP contribution in [0.3, 0.4) is 0 Å². The Morgan fingerprint density at radius 1 is 1.50 bits per heavy atom. The normalized spacial score (nSPS) is 18.1. The summed E-state index contributed by atoms with van der Waals surface area (Å²) in [6.07, 6.45) is 1.71. The third kappa shape index (κ3) is 5.18. The Bertz CT molecular complexity index is 345. The number of aromatic nitrogens is 1. The minimum absolute atomic E-state index is 0. The highest BCUT2D eigenvalue weighted by atomic mass is 35.5. The van der Waals surface area contributed by atoms with Gasteiger partial charge in [0, 0.05) is 12.7 Å². The van der Waals surface area contributed by atoms with Crippen LogP contribution in [0.2, 0.25) is 0 Å². The molecule has 18 heavy (non-hydrogen) atoms. The van der Waals surface area contributed by atoms with Gasteiger partial charge in [0.25, 0.3) is 0 Å². The lowest BCUT2D eigenvalue weighted by Gasteiger charge is -2.22. The maximum Gasteiger partial charge on any atom is 0.239 e.